The summed E-state index contributed by atoms with van der Waals surface area (Å²) in [6, 6.07) is 6.93. The SMILES string of the molecule is CCCCN(CC)C(=O)[C@@H]1CCCN(C2=NS(=O)(=O)c3ccccc32)C1. The third-order valence-electron chi connectivity index (χ3n) is 5.16. The summed E-state index contributed by atoms with van der Waals surface area (Å²) in [6.45, 7) is 6.90. The Morgan fingerprint density at radius 3 is 2.81 bits per heavy atom. The molecule has 1 amide bonds. The number of amides is 1. The Hall–Kier alpha value is -1.89. The number of carbonyl (C=O) groups excluding carboxylic acids is 1. The minimum absolute atomic E-state index is 0.0984. The summed E-state index contributed by atoms with van der Waals surface area (Å²) in [5.41, 5.74) is 0.652. The van der Waals surface area contributed by atoms with E-state index in [4.69, 9.17) is 0 Å². The fourth-order valence-electron chi connectivity index (χ4n) is 3.72. The molecule has 1 aromatic carbocycles. The lowest BCUT2D eigenvalue weighted by molar-refractivity contribution is -0.136. The first-order valence-electron chi connectivity index (χ1n) is 9.46. The second-order valence-corrected chi connectivity index (χ2v) is 8.52. The molecule has 1 fully saturated rings. The summed E-state index contributed by atoms with van der Waals surface area (Å²) >= 11 is 0. The minimum atomic E-state index is -3.62. The smallest absolute Gasteiger partial charge is 0.285 e. The van der Waals surface area contributed by atoms with Gasteiger partial charge in [0.1, 0.15) is 4.90 Å². The van der Waals surface area contributed by atoms with Gasteiger partial charge in [-0.2, -0.15) is 8.42 Å². The van der Waals surface area contributed by atoms with E-state index >= 15 is 0 Å². The predicted molar refractivity (Wildman–Crippen MR) is 102 cm³/mol. The maximum atomic E-state index is 12.9. The van der Waals surface area contributed by atoms with Crippen LogP contribution in [0.3, 0.4) is 0 Å². The lowest BCUT2D eigenvalue weighted by atomic mass is 9.95. The van der Waals surface area contributed by atoms with Crippen LogP contribution in [0, 0.1) is 5.92 Å². The molecular weight excluding hydrogens is 350 g/mol. The van der Waals surface area contributed by atoms with E-state index < -0.39 is 10.0 Å². The number of hydrogen-bond donors (Lipinski definition) is 0. The molecule has 6 nitrogen and oxygen atoms in total. The number of rotatable bonds is 5. The van der Waals surface area contributed by atoms with E-state index in [9.17, 15) is 13.2 Å². The molecule has 7 heteroatoms. The van der Waals surface area contributed by atoms with E-state index in [0.717, 1.165) is 38.8 Å². The summed E-state index contributed by atoms with van der Waals surface area (Å²) in [7, 11) is -3.62. The second kappa shape index (κ2) is 7.78. The van der Waals surface area contributed by atoms with Crippen LogP contribution in [0.2, 0.25) is 0 Å². The van der Waals surface area contributed by atoms with Crippen molar-refractivity contribution in [1.29, 1.82) is 0 Å². The molecule has 0 radical (unpaired) electrons. The van der Waals surface area contributed by atoms with Gasteiger partial charge in [0.2, 0.25) is 5.91 Å². The zero-order valence-electron chi connectivity index (χ0n) is 15.5. The van der Waals surface area contributed by atoms with E-state index in [0.29, 0.717) is 24.5 Å². The monoisotopic (exact) mass is 377 g/mol. The van der Waals surface area contributed by atoms with Crippen LogP contribution in [0.15, 0.2) is 33.6 Å². The minimum Gasteiger partial charge on any atom is -0.355 e. The van der Waals surface area contributed by atoms with Gasteiger partial charge < -0.3 is 9.80 Å². The Labute approximate surface area is 156 Å². The van der Waals surface area contributed by atoms with Crippen LogP contribution in [0.1, 0.15) is 45.1 Å². The molecule has 1 aromatic rings. The van der Waals surface area contributed by atoms with Crippen LogP contribution in [0.25, 0.3) is 0 Å². The van der Waals surface area contributed by atoms with Crippen LogP contribution in [0.5, 0.6) is 0 Å². The summed E-state index contributed by atoms with van der Waals surface area (Å²) in [6.07, 6.45) is 3.78. The number of nitrogens with zero attached hydrogens (tertiary/aromatic N) is 3. The molecule has 0 aliphatic carbocycles. The van der Waals surface area contributed by atoms with Crippen molar-refractivity contribution in [2.45, 2.75) is 44.4 Å². The van der Waals surface area contributed by atoms with Crippen molar-refractivity contribution in [3.05, 3.63) is 29.8 Å². The fraction of sp³-hybridized carbons (Fsp3) is 0.579. The van der Waals surface area contributed by atoms with Crippen molar-refractivity contribution in [2.24, 2.45) is 10.3 Å². The second-order valence-electron chi connectivity index (χ2n) is 6.94. The van der Waals surface area contributed by atoms with Gasteiger partial charge in [-0.3, -0.25) is 4.79 Å². The zero-order chi connectivity index (χ0) is 18.7. The molecule has 0 bridgehead atoms. The molecule has 1 atom stereocenters. The van der Waals surface area contributed by atoms with Crippen molar-refractivity contribution in [3.63, 3.8) is 0 Å². The standard InChI is InChI=1S/C19H27N3O3S/c1-3-5-12-21(4-2)19(23)15-9-8-13-22(14-15)18-16-10-6-7-11-17(16)26(24,25)20-18/h6-7,10-11,15H,3-5,8-9,12-14H2,1-2H3/t15-/m1/s1. The highest BCUT2D eigenvalue weighted by atomic mass is 32.2. The lowest BCUT2D eigenvalue weighted by Gasteiger charge is -2.35. The molecule has 3 rings (SSSR count). The molecule has 0 N–H and O–H groups in total. The fourth-order valence-corrected chi connectivity index (χ4v) is 4.95. The number of benzene rings is 1. The number of piperidine rings is 1. The number of fused-ring (bicyclic) bond motifs is 1. The molecule has 2 aliphatic heterocycles. The van der Waals surface area contributed by atoms with Gasteiger partial charge >= 0.3 is 0 Å². The lowest BCUT2D eigenvalue weighted by Crippen LogP contribution is -2.47. The average molecular weight is 378 g/mol. The number of carbonyl (C=O) groups is 1. The van der Waals surface area contributed by atoms with Gasteiger partial charge in [0.05, 0.1) is 5.92 Å². The van der Waals surface area contributed by atoms with Gasteiger partial charge in [0, 0.05) is 31.7 Å². The molecule has 2 aliphatic rings. The Morgan fingerprint density at radius 1 is 1.31 bits per heavy atom. The highest BCUT2D eigenvalue weighted by Crippen LogP contribution is 2.30. The summed E-state index contributed by atoms with van der Waals surface area (Å²) < 4.78 is 28.6. The van der Waals surface area contributed by atoms with E-state index in [1.54, 1.807) is 18.2 Å². The normalized spacial score (nSPS) is 21.2. The van der Waals surface area contributed by atoms with Crippen molar-refractivity contribution < 1.29 is 13.2 Å². The molecule has 1 saturated heterocycles. The van der Waals surface area contributed by atoms with Gasteiger partial charge in [-0.15, -0.1) is 4.40 Å². The third kappa shape index (κ3) is 3.63. The molecule has 26 heavy (non-hydrogen) atoms. The van der Waals surface area contributed by atoms with Gasteiger partial charge in [-0.05, 0) is 38.3 Å². The number of amidine groups is 1. The molecule has 0 saturated carbocycles. The molecule has 2 heterocycles. The van der Waals surface area contributed by atoms with Gasteiger partial charge in [-0.1, -0.05) is 25.5 Å². The topological polar surface area (TPSA) is 70.1 Å². The Morgan fingerprint density at radius 2 is 2.08 bits per heavy atom. The number of likely N-dealkylation sites (tertiary alicyclic amines) is 1. The zero-order valence-corrected chi connectivity index (χ0v) is 16.3. The van der Waals surface area contributed by atoms with E-state index in [-0.39, 0.29) is 16.7 Å². The molecule has 0 unspecified atom stereocenters. The van der Waals surface area contributed by atoms with Crippen LogP contribution >= 0.6 is 0 Å². The Balaban J connectivity index is 1.78. The van der Waals surface area contributed by atoms with Gasteiger partial charge in [-0.25, -0.2) is 0 Å². The van der Waals surface area contributed by atoms with Crippen LogP contribution in [-0.4, -0.2) is 56.1 Å². The third-order valence-corrected chi connectivity index (χ3v) is 6.48. The summed E-state index contributed by atoms with van der Waals surface area (Å²) in [4.78, 5) is 17.1. The van der Waals surface area contributed by atoms with Crippen molar-refractivity contribution in [1.82, 2.24) is 9.80 Å². The number of unbranched alkanes of at least 4 members (excludes halogenated alkanes) is 1. The largest absolute Gasteiger partial charge is 0.355 e. The number of sulfonamides is 1. The maximum Gasteiger partial charge on any atom is 0.285 e. The van der Waals surface area contributed by atoms with Crippen molar-refractivity contribution in [2.75, 3.05) is 26.2 Å². The van der Waals surface area contributed by atoms with Gasteiger partial charge in [0.15, 0.2) is 5.84 Å². The van der Waals surface area contributed by atoms with Crippen molar-refractivity contribution in [3.8, 4) is 0 Å². The van der Waals surface area contributed by atoms with E-state index in [2.05, 4.69) is 11.3 Å². The Bertz CT molecular complexity index is 804. The quantitative estimate of drug-likeness (QED) is 0.790. The first-order valence-corrected chi connectivity index (χ1v) is 10.9. The van der Waals surface area contributed by atoms with Crippen LogP contribution in [-0.2, 0) is 14.8 Å². The van der Waals surface area contributed by atoms with Crippen LogP contribution in [0.4, 0.5) is 0 Å². The first-order chi connectivity index (χ1) is 12.5. The van der Waals surface area contributed by atoms with E-state index in [1.807, 2.05) is 22.8 Å². The average Bonchev–Trinajstić information content (AvgIpc) is 2.94. The molecule has 0 aromatic heterocycles. The van der Waals surface area contributed by atoms with E-state index in [1.165, 1.54) is 0 Å². The number of hydrogen-bond acceptors (Lipinski definition) is 4. The molecule has 142 valence electrons. The summed E-state index contributed by atoms with van der Waals surface area (Å²) in [5.74, 6) is 0.578. The molecule has 0 spiro atoms. The van der Waals surface area contributed by atoms with Gasteiger partial charge in [0.25, 0.3) is 10.0 Å². The van der Waals surface area contributed by atoms with Crippen LogP contribution < -0.4 is 0 Å². The predicted octanol–water partition coefficient (Wildman–Crippen LogP) is 2.50. The highest BCUT2D eigenvalue weighted by Gasteiger charge is 2.35. The highest BCUT2D eigenvalue weighted by molar-refractivity contribution is 7.90. The van der Waals surface area contributed by atoms with Crippen molar-refractivity contribution >= 4 is 21.8 Å². The summed E-state index contributed by atoms with van der Waals surface area (Å²) in [5, 5.41) is 0. The first kappa shape index (κ1) is 18.9. The Kier molecular flexibility index (Phi) is 5.65. The maximum absolute atomic E-state index is 12.9. The molecular formula is C19H27N3O3S.